The fourth-order valence-corrected chi connectivity index (χ4v) is 6.61. The topological polar surface area (TPSA) is 34.1 Å². The molecule has 0 radical (unpaired) electrons. The molecule has 0 spiro atoms. The molecule has 0 aliphatic rings. The molecule has 0 saturated carbocycles. The molecule has 0 N–H and O–H groups in total. The van der Waals surface area contributed by atoms with Crippen LogP contribution in [-0.4, -0.2) is 16.5 Å². The average Bonchev–Trinajstić information content (AvgIpc) is 2.27. The summed E-state index contributed by atoms with van der Waals surface area (Å²) in [5.41, 5.74) is 0. The van der Waals surface area contributed by atoms with E-state index in [1.807, 2.05) is 0 Å². The maximum atomic E-state index is 11.1. The Balaban J connectivity index is 3.33. The Morgan fingerprint density at radius 1 is 1.36 bits per heavy atom. The predicted molar refractivity (Wildman–Crippen MR) is 65.3 cm³/mol. The molecule has 0 aromatic carbocycles. The molecular formula is C7H10Cl2O2S2Si. The highest BCUT2D eigenvalue weighted by molar-refractivity contribution is 8.15. The van der Waals surface area contributed by atoms with Crippen molar-refractivity contribution in [3.8, 4) is 0 Å². The van der Waals surface area contributed by atoms with Crippen LogP contribution in [0.3, 0.4) is 0 Å². The van der Waals surface area contributed by atoms with Gasteiger partial charge in [-0.05, 0) is 6.07 Å². The van der Waals surface area contributed by atoms with Gasteiger partial charge < -0.3 is 0 Å². The zero-order valence-electron chi connectivity index (χ0n) is 7.97. The van der Waals surface area contributed by atoms with Crippen molar-refractivity contribution in [1.29, 1.82) is 0 Å². The van der Waals surface area contributed by atoms with Crippen LogP contribution >= 0.6 is 33.6 Å². The van der Waals surface area contributed by atoms with Gasteiger partial charge in [0.1, 0.15) is 4.21 Å². The first kappa shape index (κ1) is 12.5. The molecule has 1 aromatic rings. The molecule has 1 heterocycles. The van der Waals surface area contributed by atoms with Crippen LogP contribution in [0.2, 0.25) is 24.7 Å². The van der Waals surface area contributed by atoms with Crippen LogP contribution in [0, 0.1) is 0 Å². The second kappa shape index (κ2) is 3.79. The minimum absolute atomic E-state index is 0.140. The van der Waals surface area contributed by atoms with Crippen molar-refractivity contribution < 1.29 is 8.42 Å². The zero-order valence-corrected chi connectivity index (χ0v) is 12.1. The lowest BCUT2D eigenvalue weighted by Gasteiger charge is -2.13. The number of halogens is 2. The van der Waals surface area contributed by atoms with Gasteiger partial charge in [0.2, 0.25) is 0 Å². The van der Waals surface area contributed by atoms with E-state index in [-0.39, 0.29) is 4.21 Å². The highest BCUT2D eigenvalue weighted by atomic mass is 35.7. The fourth-order valence-electron chi connectivity index (χ4n) is 0.979. The first-order chi connectivity index (χ1) is 6.12. The summed E-state index contributed by atoms with van der Waals surface area (Å²) in [5, 5.41) is 0.522. The van der Waals surface area contributed by atoms with Gasteiger partial charge in [-0.2, -0.15) is 0 Å². The molecule has 0 saturated heterocycles. The van der Waals surface area contributed by atoms with E-state index < -0.39 is 17.1 Å². The minimum atomic E-state index is -3.64. The largest absolute Gasteiger partial charge is 0.270 e. The number of hydrogen-bond donors (Lipinski definition) is 0. The number of thiophene rings is 1. The van der Waals surface area contributed by atoms with Gasteiger partial charge >= 0.3 is 0 Å². The normalized spacial score (nSPS) is 13.2. The zero-order chi connectivity index (χ0) is 11.1. The molecule has 1 aromatic heterocycles. The average molecular weight is 289 g/mol. The molecule has 0 aliphatic carbocycles. The Morgan fingerprint density at radius 3 is 2.07 bits per heavy atom. The molecule has 0 fully saturated rings. The van der Waals surface area contributed by atoms with E-state index in [0.717, 1.165) is 4.50 Å². The van der Waals surface area contributed by atoms with Crippen molar-refractivity contribution in [2.45, 2.75) is 23.9 Å². The third-order valence-electron chi connectivity index (χ3n) is 1.59. The Hall–Kier alpha value is 0.447. The van der Waals surface area contributed by atoms with E-state index >= 15 is 0 Å². The van der Waals surface area contributed by atoms with Crippen LogP contribution in [-0.2, 0) is 9.05 Å². The Bertz CT molecular complexity index is 445. The third kappa shape index (κ3) is 2.73. The molecular weight excluding hydrogens is 279 g/mol. The number of rotatable bonds is 2. The van der Waals surface area contributed by atoms with E-state index in [0.29, 0.717) is 5.02 Å². The van der Waals surface area contributed by atoms with Crippen LogP contribution in [0.15, 0.2) is 10.3 Å². The smallest absolute Gasteiger partial charge is 0.206 e. The van der Waals surface area contributed by atoms with E-state index in [9.17, 15) is 8.42 Å². The molecule has 2 nitrogen and oxygen atoms in total. The summed E-state index contributed by atoms with van der Waals surface area (Å²) in [4.78, 5) is 0. The highest BCUT2D eigenvalue weighted by Crippen LogP contribution is 2.27. The van der Waals surface area contributed by atoms with Gasteiger partial charge in [0.05, 0.1) is 13.1 Å². The van der Waals surface area contributed by atoms with Gasteiger partial charge in [-0.3, -0.25) is 0 Å². The molecule has 0 bridgehead atoms. The molecule has 14 heavy (non-hydrogen) atoms. The van der Waals surface area contributed by atoms with Crippen molar-refractivity contribution in [3.63, 3.8) is 0 Å². The summed E-state index contributed by atoms with van der Waals surface area (Å²) >= 11 is 7.14. The van der Waals surface area contributed by atoms with Gasteiger partial charge in [-0.25, -0.2) is 8.42 Å². The second-order valence-electron chi connectivity index (χ2n) is 3.93. The Kier molecular flexibility index (Phi) is 3.39. The second-order valence-corrected chi connectivity index (χ2v) is 13.5. The maximum absolute atomic E-state index is 11.1. The first-order valence-corrected chi connectivity index (χ1v) is 10.9. The molecule has 0 unspecified atom stereocenters. The van der Waals surface area contributed by atoms with Crippen LogP contribution < -0.4 is 4.50 Å². The first-order valence-electron chi connectivity index (χ1n) is 3.87. The van der Waals surface area contributed by atoms with Crippen LogP contribution in [0.1, 0.15) is 0 Å². The van der Waals surface area contributed by atoms with Crippen molar-refractivity contribution in [1.82, 2.24) is 0 Å². The lowest BCUT2D eigenvalue weighted by molar-refractivity contribution is 0.611. The highest BCUT2D eigenvalue weighted by Gasteiger charge is 2.26. The van der Waals surface area contributed by atoms with Gasteiger partial charge in [0.25, 0.3) is 9.05 Å². The van der Waals surface area contributed by atoms with E-state index in [4.69, 9.17) is 22.3 Å². The van der Waals surface area contributed by atoms with E-state index in [2.05, 4.69) is 19.6 Å². The standard InChI is InChI=1S/C7H10Cl2O2S2Si/c1-14(2,3)7-5(8)4-6(12-7)13(9,10)11/h4H,1-3H3. The monoisotopic (exact) mass is 288 g/mol. The molecule has 0 amide bonds. The van der Waals surface area contributed by atoms with Gasteiger partial charge in [0.15, 0.2) is 0 Å². The third-order valence-corrected chi connectivity index (χ3v) is 8.95. The number of hydrogen-bond acceptors (Lipinski definition) is 3. The maximum Gasteiger partial charge on any atom is 0.270 e. The summed E-state index contributed by atoms with van der Waals surface area (Å²) in [6.07, 6.45) is 0. The Labute approximate surface area is 98.3 Å². The summed E-state index contributed by atoms with van der Waals surface area (Å²) in [6.45, 7) is 6.32. The summed E-state index contributed by atoms with van der Waals surface area (Å²) in [7, 11) is 0.0248. The SMILES string of the molecule is C[Si](C)(C)c1sc(S(=O)(=O)Cl)cc1Cl. The molecule has 7 heteroatoms. The molecule has 1 rings (SSSR count). The molecule has 0 aliphatic heterocycles. The van der Waals surface area contributed by atoms with Crippen molar-refractivity contribution in [2.75, 3.05) is 0 Å². The quantitative estimate of drug-likeness (QED) is 0.619. The van der Waals surface area contributed by atoms with Crippen molar-refractivity contribution in [3.05, 3.63) is 11.1 Å². The van der Waals surface area contributed by atoms with Crippen LogP contribution in [0.25, 0.3) is 0 Å². The van der Waals surface area contributed by atoms with Gasteiger partial charge in [0, 0.05) is 15.2 Å². The lowest BCUT2D eigenvalue weighted by Crippen LogP contribution is -2.35. The molecule has 0 atom stereocenters. The molecule has 80 valence electrons. The van der Waals surface area contributed by atoms with Crippen molar-refractivity contribution >= 4 is 55.2 Å². The fraction of sp³-hybridized carbons (Fsp3) is 0.429. The summed E-state index contributed by atoms with van der Waals surface area (Å²) < 4.78 is 23.2. The minimum Gasteiger partial charge on any atom is -0.206 e. The van der Waals surface area contributed by atoms with Crippen LogP contribution in [0.5, 0.6) is 0 Å². The summed E-state index contributed by atoms with van der Waals surface area (Å²) in [5.74, 6) is 0. The summed E-state index contributed by atoms with van der Waals surface area (Å²) in [6, 6.07) is 1.43. The Morgan fingerprint density at radius 2 is 1.86 bits per heavy atom. The van der Waals surface area contributed by atoms with Gasteiger partial charge in [-0.1, -0.05) is 31.2 Å². The van der Waals surface area contributed by atoms with E-state index in [1.165, 1.54) is 17.4 Å². The van der Waals surface area contributed by atoms with Gasteiger partial charge in [-0.15, -0.1) is 11.3 Å². The lowest BCUT2D eigenvalue weighted by atomic mass is 10.7. The van der Waals surface area contributed by atoms with Crippen LogP contribution in [0.4, 0.5) is 0 Å². The predicted octanol–water partition coefficient (Wildman–Crippen LogP) is 2.87. The van der Waals surface area contributed by atoms with E-state index in [1.54, 1.807) is 0 Å². The van der Waals surface area contributed by atoms with Crippen molar-refractivity contribution in [2.24, 2.45) is 0 Å².